The molecule has 0 radical (unpaired) electrons. The predicted octanol–water partition coefficient (Wildman–Crippen LogP) is 4.29. The van der Waals surface area contributed by atoms with Crippen LogP contribution in [-0.2, 0) is 22.7 Å². The number of benzene rings is 2. The van der Waals surface area contributed by atoms with Crippen LogP contribution in [0.2, 0.25) is 0 Å². The summed E-state index contributed by atoms with van der Waals surface area (Å²) in [7, 11) is 0. The molecule has 1 unspecified atom stereocenters. The Kier molecular flexibility index (Phi) is 6.54. The third kappa shape index (κ3) is 5.44. The van der Waals surface area contributed by atoms with Crippen LogP contribution in [0, 0.1) is 5.82 Å². The van der Waals surface area contributed by atoms with Crippen molar-refractivity contribution >= 4 is 17.1 Å². The maximum absolute atomic E-state index is 14.1. The summed E-state index contributed by atoms with van der Waals surface area (Å²) in [5, 5.41) is 0. The van der Waals surface area contributed by atoms with Gasteiger partial charge in [0.05, 0.1) is 13.2 Å². The van der Waals surface area contributed by atoms with Crippen molar-refractivity contribution in [3.05, 3.63) is 71.5 Å². The molecule has 0 saturated heterocycles. The second kappa shape index (κ2) is 8.42. The molecule has 0 N–H and O–H groups in total. The summed E-state index contributed by atoms with van der Waals surface area (Å²) in [5.41, 5.74) is 1.70. The monoisotopic (exact) mass is 347 g/mol. The number of rotatable bonds is 6. The van der Waals surface area contributed by atoms with E-state index in [-0.39, 0.29) is 6.61 Å². The van der Waals surface area contributed by atoms with E-state index in [0.29, 0.717) is 17.9 Å². The molecule has 0 spiro atoms. The highest BCUT2D eigenvalue weighted by molar-refractivity contribution is 7.91. The molecule has 1 atom stereocenters. The van der Waals surface area contributed by atoms with Crippen molar-refractivity contribution in [1.82, 2.24) is 0 Å². The second-order valence-electron chi connectivity index (χ2n) is 6.36. The van der Waals surface area contributed by atoms with Crippen LogP contribution in [0.15, 0.2) is 59.0 Å². The van der Waals surface area contributed by atoms with Gasteiger partial charge >= 0.3 is 0 Å². The van der Waals surface area contributed by atoms with E-state index in [1.54, 1.807) is 18.2 Å². The van der Waals surface area contributed by atoms with Crippen molar-refractivity contribution in [3.8, 4) is 0 Å². The summed E-state index contributed by atoms with van der Waals surface area (Å²) in [5.74, 6) is -0.398. The lowest BCUT2D eigenvalue weighted by molar-refractivity contribution is 0.158. The average molecular weight is 347 g/mol. The van der Waals surface area contributed by atoms with Crippen LogP contribution < -0.4 is 0 Å². The Bertz CT molecular complexity index is 683. The van der Waals surface area contributed by atoms with Gasteiger partial charge in [-0.1, -0.05) is 46.9 Å². The van der Waals surface area contributed by atoms with E-state index < -0.39 is 21.9 Å². The molecule has 0 aromatic heterocycles. The van der Waals surface area contributed by atoms with Crippen LogP contribution in [0.3, 0.4) is 0 Å². The number of hydrogen-bond donors (Lipinski definition) is 0. The molecule has 24 heavy (non-hydrogen) atoms. The van der Waals surface area contributed by atoms with Crippen LogP contribution >= 0.6 is 0 Å². The second-order valence-corrected chi connectivity index (χ2v) is 8.26. The van der Waals surface area contributed by atoms with Crippen molar-refractivity contribution in [3.63, 3.8) is 0 Å². The fourth-order valence-electron chi connectivity index (χ4n) is 1.93. The first-order valence-corrected chi connectivity index (χ1v) is 8.85. The molecule has 2 aromatic rings. The van der Waals surface area contributed by atoms with Gasteiger partial charge in [0, 0.05) is 5.56 Å². The standard InChI is InChI=1S/C19H22FNO2S/c1-19(2,3)24(22)21-18(16-11-7-8-12-17(16)20)14-23-13-15-9-5-4-6-10-15/h4-12H,13-14H2,1-3H3/b21-18+. The molecule has 0 aliphatic heterocycles. The minimum Gasteiger partial charge on any atom is -0.591 e. The van der Waals surface area contributed by atoms with Gasteiger partial charge in [-0.15, -0.1) is 0 Å². The SMILES string of the molecule is CC(C)(C)[S+]([O-])/N=C(\COCc1ccccc1)c1ccccc1F. The molecule has 2 aromatic carbocycles. The van der Waals surface area contributed by atoms with Crippen molar-refractivity contribution in [1.29, 1.82) is 0 Å². The average Bonchev–Trinajstić information content (AvgIpc) is 2.54. The van der Waals surface area contributed by atoms with Crippen molar-refractivity contribution < 1.29 is 13.7 Å². The highest BCUT2D eigenvalue weighted by atomic mass is 32.2. The summed E-state index contributed by atoms with van der Waals surface area (Å²) < 4.78 is 35.8. The Morgan fingerprint density at radius 2 is 1.71 bits per heavy atom. The third-order valence-corrected chi connectivity index (χ3v) is 4.69. The molecule has 128 valence electrons. The van der Waals surface area contributed by atoms with Crippen molar-refractivity contribution in [2.24, 2.45) is 4.40 Å². The van der Waals surface area contributed by atoms with Crippen LogP contribution in [-0.4, -0.2) is 21.6 Å². The van der Waals surface area contributed by atoms with E-state index in [9.17, 15) is 8.94 Å². The Morgan fingerprint density at radius 1 is 1.08 bits per heavy atom. The first kappa shape index (κ1) is 18.6. The van der Waals surface area contributed by atoms with Crippen molar-refractivity contribution in [2.75, 3.05) is 6.61 Å². The zero-order chi connectivity index (χ0) is 17.6. The van der Waals surface area contributed by atoms with Gasteiger partial charge in [0.1, 0.15) is 27.6 Å². The molecule has 0 aliphatic rings. The Hall–Kier alpha value is -1.69. The highest BCUT2D eigenvalue weighted by Gasteiger charge is 2.28. The molecule has 5 heteroatoms. The minimum absolute atomic E-state index is 0.0949. The van der Waals surface area contributed by atoms with Gasteiger partial charge in [-0.25, -0.2) is 4.39 Å². The number of hydrogen-bond acceptors (Lipinski definition) is 3. The van der Waals surface area contributed by atoms with Gasteiger partial charge < -0.3 is 9.29 Å². The van der Waals surface area contributed by atoms with Gasteiger partial charge in [-0.2, -0.15) is 0 Å². The fraction of sp³-hybridized carbons (Fsp3) is 0.316. The Morgan fingerprint density at radius 3 is 2.33 bits per heavy atom. The maximum Gasteiger partial charge on any atom is 0.144 e. The van der Waals surface area contributed by atoms with Gasteiger partial charge in [0.25, 0.3) is 0 Å². The van der Waals surface area contributed by atoms with E-state index in [1.165, 1.54) is 6.07 Å². The molecule has 0 saturated carbocycles. The first-order chi connectivity index (χ1) is 11.4. The molecule has 0 amide bonds. The minimum atomic E-state index is -1.48. The lowest BCUT2D eigenvalue weighted by Crippen LogP contribution is -2.28. The lowest BCUT2D eigenvalue weighted by Gasteiger charge is -2.19. The number of nitrogens with zero attached hydrogens (tertiary/aromatic N) is 1. The van der Waals surface area contributed by atoms with Gasteiger partial charge in [-0.05, 0) is 38.5 Å². The van der Waals surface area contributed by atoms with E-state index in [0.717, 1.165) is 5.56 Å². The van der Waals surface area contributed by atoms with Crippen LogP contribution in [0.4, 0.5) is 4.39 Å². The summed E-state index contributed by atoms with van der Waals surface area (Å²) in [4.78, 5) is 0. The third-order valence-electron chi connectivity index (χ3n) is 3.25. The van der Waals surface area contributed by atoms with E-state index in [2.05, 4.69) is 4.40 Å². The molecule has 0 bridgehead atoms. The fourth-order valence-corrected chi connectivity index (χ4v) is 2.55. The summed E-state index contributed by atoms with van der Waals surface area (Å²) in [6.07, 6.45) is 0. The largest absolute Gasteiger partial charge is 0.591 e. The molecule has 2 rings (SSSR count). The van der Waals surface area contributed by atoms with Gasteiger partial charge in [0.2, 0.25) is 0 Å². The number of ether oxygens (including phenoxy) is 1. The smallest absolute Gasteiger partial charge is 0.144 e. The normalized spacial score (nSPS) is 13.8. The summed E-state index contributed by atoms with van der Waals surface area (Å²) in [6, 6.07) is 16.0. The van der Waals surface area contributed by atoms with Crippen molar-refractivity contribution in [2.45, 2.75) is 32.1 Å². The lowest BCUT2D eigenvalue weighted by atomic mass is 10.1. The van der Waals surface area contributed by atoms with Crippen LogP contribution in [0.1, 0.15) is 31.9 Å². The first-order valence-electron chi connectivity index (χ1n) is 7.74. The molecule has 0 aliphatic carbocycles. The van der Waals surface area contributed by atoms with E-state index in [1.807, 2.05) is 51.1 Å². The van der Waals surface area contributed by atoms with Crippen LogP contribution in [0.5, 0.6) is 0 Å². The molecular formula is C19H22FNO2S. The van der Waals surface area contributed by atoms with E-state index in [4.69, 9.17) is 4.74 Å². The Labute approximate surface area is 145 Å². The molecule has 3 nitrogen and oxygen atoms in total. The topological polar surface area (TPSA) is 44.7 Å². The highest BCUT2D eigenvalue weighted by Crippen LogP contribution is 2.19. The molecule has 0 fully saturated rings. The summed E-state index contributed by atoms with van der Waals surface area (Å²) >= 11 is -1.48. The molecular weight excluding hydrogens is 325 g/mol. The zero-order valence-corrected chi connectivity index (χ0v) is 15.0. The summed E-state index contributed by atoms with van der Waals surface area (Å²) in [6.45, 7) is 5.97. The predicted molar refractivity (Wildman–Crippen MR) is 96.9 cm³/mol. The van der Waals surface area contributed by atoms with Gasteiger partial charge in [0.15, 0.2) is 0 Å². The maximum atomic E-state index is 14.1. The van der Waals surface area contributed by atoms with Gasteiger partial charge in [-0.3, -0.25) is 0 Å². The van der Waals surface area contributed by atoms with E-state index >= 15 is 0 Å². The Balaban J connectivity index is 2.17. The quantitative estimate of drug-likeness (QED) is 0.578. The van der Waals surface area contributed by atoms with Crippen LogP contribution in [0.25, 0.3) is 0 Å². The molecule has 0 heterocycles. The number of halogens is 1. The zero-order valence-electron chi connectivity index (χ0n) is 14.2.